The predicted molar refractivity (Wildman–Crippen MR) is 153 cm³/mol. The summed E-state index contributed by atoms with van der Waals surface area (Å²) in [6.07, 6.45) is 0.203. The van der Waals surface area contributed by atoms with Gasteiger partial charge in [0.05, 0.1) is 25.8 Å². The van der Waals surface area contributed by atoms with Crippen LogP contribution in [0.2, 0.25) is 0 Å². The minimum absolute atomic E-state index is 0.0361. The van der Waals surface area contributed by atoms with Crippen LogP contribution in [0.25, 0.3) is 11.1 Å². The number of nitrogen functional groups attached to an aromatic ring is 1. The van der Waals surface area contributed by atoms with Crippen molar-refractivity contribution in [3.63, 3.8) is 0 Å². The summed E-state index contributed by atoms with van der Waals surface area (Å²) in [5.41, 5.74) is 9.70. The monoisotopic (exact) mass is 573 g/mol. The molecule has 0 radical (unpaired) electrons. The zero-order valence-corrected chi connectivity index (χ0v) is 23.4. The normalized spacial score (nSPS) is 19.9. The third-order valence-corrected chi connectivity index (χ3v) is 8.98. The fourth-order valence-corrected chi connectivity index (χ4v) is 6.63. The van der Waals surface area contributed by atoms with Gasteiger partial charge in [0.25, 0.3) is 5.91 Å². The second kappa shape index (κ2) is 10.7. The smallest absolute Gasteiger partial charge is 0.254 e. The molecule has 3 aliphatic rings. The summed E-state index contributed by atoms with van der Waals surface area (Å²) in [5, 5.41) is 12.4. The standard InChI is InChI=1S/C30H31N5O5S/c1-18(25-12-22(16-41-25)27(31)32)33-28(37)24-13-30(39-9-10-40-30)17-35(24)26(36)15-34-14-21-11-20(7-8-23(21)29(34)38)19-5-3-2-4-6-19/h2-8,11-12,16,18,24H,9-10,13-15,17H2,1H3,(H3,31,32)(H,33,37)/t18-,24+/m1/s1. The van der Waals surface area contributed by atoms with Crippen molar-refractivity contribution in [3.05, 3.63) is 81.5 Å². The van der Waals surface area contributed by atoms with Crippen LogP contribution in [0.1, 0.15) is 45.7 Å². The highest BCUT2D eigenvalue weighted by atomic mass is 32.1. The molecular weight excluding hydrogens is 542 g/mol. The van der Waals surface area contributed by atoms with E-state index in [1.807, 2.05) is 55.5 Å². The van der Waals surface area contributed by atoms with Gasteiger partial charge in [0.15, 0.2) is 5.79 Å². The fraction of sp³-hybridized carbons (Fsp3) is 0.333. The molecule has 2 aromatic carbocycles. The van der Waals surface area contributed by atoms with Crippen molar-refractivity contribution in [2.75, 3.05) is 26.3 Å². The molecule has 212 valence electrons. The first kappa shape index (κ1) is 27.1. The summed E-state index contributed by atoms with van der Waals surface area (Å²) in [6, 6.07) is 16.3. The molecule has 0 unspecified atom stereocenters. The third-order valence-electron chi connectivity index (χ3n) is 7.86. The van der Waals surface area contributed by atoms with Crippen LogP contribution >= 0.6 is 11.3 Å². The van der Waals surface area contributed by atoms with Crippen molar-refractivity contribution in [3.8, 4) is 11.1 Å². The highest BCUT2D eigenvalue weighted by Crippen LogP contribution is 2.36. The number of carbonyl (C=O) groups is 3. The van der Waals surface area contributed by atoms with Crippen molar-refractivity contribution in [2.45, 2.75) is 37.8 Å². The average molecular weight is 574 g/mol. The van der Waals surface area contributed by atoms with Gasteiger partial charge in [-0.25, -0.2) is 0 Å². The van der Waals surface area contributed by atoms with E-state index >= 15 is 0 Å². The van der Waals surface area contributed by atoms with E-state index in [1.54, 1.807) is 11.4 Å². The van der Waals surface area contributed by atoms with Gasteiger partial charge in [-0.2, -0.15) is 0 Å². The molecule has 41 heavy (non-hydrogen) atoms. The number of fused-ring (bicyclic) bond motifs is 1. The Morgan fingerprint density at radius 2 is 1.90 bits per heavy atom. The van der Waals surface area contributed by atoms with Gasteiger partial charge < -0.3 is 30.3 Å². The van der Waals surface area contributed by atoms with E-state index in [4.69, 9.17) is 20.6 Å². The van der Waals surface area contributed by atoms with Crippen molar-refractivity contribution in [1.82, 2.24) is 15.1 Å². The van der Waals surface area contributed by atoms with Crippen LogP contribution in [0.15, 0.2) is 60.0 Å². The van der Waals surface area contributed by atoms with Crippen LogP contribution in [0.3, 0.4) is 0 Å². The highest BCUT2D eigenvalue weighted by molar-refractivity contribution is 7.10. The molecule has 10 nitrogen and oxygen atoms in total. The molecule has 3 amide bonds. The number of nitrogens with zero attached hydrogens (tertiary/aromatic N) is 2. The lowest BCUT2D eigenvalue weighted by Crippen LogP contribution is -2.49. The van der Waals surface area contributed by atoms with Crippen LogP contribution in [0.4, 0.5) is 0 Å². The van der Waals surface area contributed by atoms with Gasteiger partial charge in [-0.15, -0.1) is 11.3 Å². The van der Waals surface area contributed by atoms with Gasteiger partial charge in [-0.1, -0.05) is 36.4 Å². The van der Waals surface area contributed by atoms with E-state index in [1.165, 1.54) is 21.1 Å². The quantitative estimate of drug-likeness (QED) is 0.294. The van der Waals surface area contributed by atoms with Crippen LogP contribution in [-0.2, 0) is 25.6 Å². The van der Waals surface area contributed by atoms with Crippen LogP contribution < -0.4 is 11.1 Å². The van der Waals surface area contributed by atoms with E-state index in [9.17, 15) is 14.4 Å². The molecule has 2 atom stereocenters. The Hall–Kier alpha value is -4.06. The van der Waals surface area contributed by atoms with Crippen molar-refractivity contribution in [2.24, 2.45) is 5.73 Å². The van der Waals surface area contributed by atoms with Gasteiger partial charge in [-0.05, 0) is 41.8 Å². The minimum atomic E-state index is -1.03. The molecule has 0 bridgehead atoms. The maximum atomic E-state index is 13.7. The fourth-order valence-electron chi connectivity index (χ4n) is 5.72. The van der Waals surface area contributed by atoms with Crippen molar-refractivity contribution >= 4 is 34.9 Å². The Morgan fingerprint density at radius 3 is 2.61 bits per heavy atom. The second-order valence-corrected chi connectivity index (χ2v) is 11.6. The predicted octanol–water partition coefficient (Wildman–Crippen LogP) is 2.88. The van der Waals surface area contributed by atoms with E-state index in [0.29, 0.717) is 30.9 Å². The number of rotatable bonds is 7. The molecule has 1 aromatic heterocycles. The Morgan fingerprint density at radius 1 is 1.15 bits per heavy atom. The summed E-state index contributed by atoms with van der Waals surface area (Å²) in [6.45, 7) is 2.89. The maximum absolute atomic E-state index is 13.7. The third kappa shape index (κ3) is 5.23. The lowest BCUT2D eigenvalue weighted by Gasteiger charge is -2.27. The Kier molecular flexibility index (Phi) is 7.10. The number of thiophene rings is 1. The summed E-state index contributed by atoms with van der Waals surface area (Å²) < 4.78 is 11.7. The zero-order chi connectivity index (χ0) is 28.7. The first-order valence-corrected chi connectivity index (χ1v) is 14.4. The molecule has 2 fully saturated rings. The lowest BCUT2D eigenvalue weighted by atomic mass is 10.0. The summed E-state index contributed by atoms with van der Waals surface area (Å²) >= 11 is 1.40. The number of amides is 3. The molecule has 0 aliphatic carbocycles. The van der Waals surface area contributed by atoms with Crippen molar-refractivity contribution < 1.29 is 23.9 Å². The van der Waals surface area contributed by atoms with Crippen LogP contribution in [0.5, 0.6) is 0 Å². The van der Waals surface area contributed by atoms with Gasteiger partial charge in [0.2, 0.25) is 11.8 Å². The summed E-state index contributed by atoms with van der Waals surface area (Å²) in [7, 11) is 0. The van der Waals surface area contributed by atoms with E-state index in [2.05, 4.69) is 5.32 Å². The summed E-state index contributed by atoms with van der Waals surface area (Å²) in [5.74, 6) is -1.94. The molecule has 1 spiro atoms. The number of nitrogens with one attached hydrogen (secondary N) is 2. The number of ether oxygens (including phenoxy) is 2. The van der Waals surface area contributed by atoms with E-state index < -0.39 is 11.8 Å². The van der Waals surface area contributed by atoms with Crippen LogP contribution in [-0.4, -0.2) is 71.5 Å². The highest BCUT2D eigenvalue weighted by Gasteiger charge is 2.53. The maximum Gasteiger partial charge on any atom is 0.254 e. The zero-order valence-electron chi connectivity index (χ0n) is 22.6. The molecule has 3 aromatic rings. The topological polar surface area (TPSA) is 138 Å². The van der Waals surface area contributed by atoms with Crippen LogP contribution in [0, 0.1) is 5.41 Å². The lowest BCUT2D eigenvalue weighted by molar-refractivity contribution is -0.152. The Labute approximate surface area is 241 Å². The second-order valence-electron chi connectivity index (χ2n) is 10.6. The molecule has 11 heteroatoms. The Balaban J connectivity index is 1.17. The molecule has 0 saturated carbocycles. The first-order valence-electron chi connectivity index (χ1n) is 13.5. The molecule has 3 aliphatic heterocycles. The molecule has 4 heterocycles. The molecule has 6 rings (SSSR count). The largest absolute Gasteiger partial charge is 0.384 e. The van der Waals surface area contributed by atoms with Gasteiger partial charge in [0.1, 0.15) is 18.4 Å². The average Bonchev–Trinajstić information content (AvgIpc) is 3.77. The van der Waals surface area contributed by atoms with Gasteiger partial charge >= 0.3 is 0 Å². The van der Waals surface area contributed by atoms with Gasteiger partial charge in [-0.3, -0.25) is 19.8 Å². The molecular formula is C30H31N5O5S. The molecule has 4 N–H and O–H groups in total. The van der Waals surface area contributed by atoms with E-state index in [0.717, 1.165) is 21.6 Å². The first-order chi connectivity index (χ1) is 19.7. The number of amidine groups is 1. The number of carbonyl (C=O) groups excluding carboxylic acids is 3. The Bertz CT molecular complexity index is 1520. The van der Waals surface area contributed by atoms with Gasteiger partial charge in [0, 0.05) is 34.3 Å². The number of likely N-dealkylation sites (tertiary alicyclic amines) is 1. The minimum Gasteiger partial charge on any atom is -0.384 e. The number of nitrogens with two attached hydrogens (primary N) is 1. The SMILES string of the molecule is C[C@@H](NC(=O)[C@@H]1CC2(CN1C(=O)CN1Cc3cc(-c4ccccc4)ccc3C1=O)OCCO2)c1cc(C(=N)N)cs1. The molecule has 2 saturated heterocycles. The summed E-state index contributed by atoms with van der Waals surface area (Å²) in [4.78, 5) is 44.3. The number of hydrogen-bond acceptors (Lipinski definition) is 7. The van der Waals surface area contributed by atoms with E-state index in [-0.39, 0.29) is 49.1 Å². The van der Waals surface area contributed by atoms with Crippen molar-refractivity contribution in [1.29, 1.82) is 5.41 Å². The number of hydrogen-bond donors (Lipinski definition) is 3. The number of benzene rings is 2.